The Hall–Kier alpha value is -3.36. The lowest BCUT2D eigenvalue weighted by Crippen LogP contribution is -2.38. The van der Waals surface area contributed by atoms with E-state index >= 15 is 0 Å². The van der Waals surface area contributed by atoms with Crippen LogP contribution in [0.4, 0.5) is 11.4 Å². The van der Waals surface area contributed by atoms with Crippen molar-refractivity contribution in [2.75, 3.05) is 22.8 Å². The molecule has 0 aliphatic rings. The van der Waals surface area contributed by atoms with Crippen molar-refractivity contribution in [2.24, 2.45) is 0 Å². The van der Waals surface area contributed by atoms with Gasteiger partial charge in [0.05, 0.1) is 27.8 Å². The number of carbonyl (C=O) groups is 2. The first kappa shape index (κ1) is 26.2. The number of hydrogen-bond acceptors (Lipinski definition) is 5. The fraction of sp³-hybridized carbons (Fsp3) is 0.231. The summed E-state index contributed by atoms with van der Waals surface area (Å²) >= 11 is 6.09. The van der Waals surface area contributed by atoms with Gasteiger partial charge in [0, 0.05) is 5.69 Å². The van der Waals surface area contributed by atoms with Gasteiger partial charge < -0.3 is 10.1 Å². The minimum absolute atomic E-state index is 0.0665. The molecule has 0 aliphatic carbocycles. The molecule has 0 saturated carbocycles. The van der Waals surface area contributed by atoms with Crippen LogP contribution < -0.4 is 9.62 Å². The molecule has 184 valence electrons. The number of hydrogen-bond donors (Lipinski definition) is 1. The van der Waals surface area contributed by atoms with Gasteiger partial charge in [-0.25, -0.2) is 13.2 Å². The topological polar surface area (TPSA) is 92.8 Å². The first-order valence-corrected chi connectivity index (χ1v) is 12.9. The summed E-state index contributed by atoms with van der Waals surface area (Å²) in [6, 6.07) is 19.4. The van der Waals surface area contributed by atoms with E-state index in [9.17, 15) is 18.0 Å². The maximum absolute atomic E-state index is 13.5. The van der Waals surface area contributed by atoms with Crippen LogP contribution in [-0.4, -0.2) is 33.4 Å². The summed E-state index contributed by atoms with van der Waals surface area (Å²) in [5, 5.41) is 2.83. The quantitative estimate of drug-likeness (QED) is 0.382. The number of anilines is 2. The Labute approximate surface area is 210 Å². The van der Waals surface area contributed by atoms with Crippen LogP contribution in [0.3, 0.4) is 0 Å². The molecule has 0 spiro atoms. The van der Waals surface area contributed by atoms with Gasteiger partial charge in [-0.15, -0.1) is 0 Å². The molecule has 0 aromatic heterocycles. The summed E-state index contributed by atoms with van der Waals surface area (Å²) in [5.41, 5.74) is 1.79. The fourth-order valence-corrected chi connectivity index (χ4v) is 5.00. The molecule has 0 saturated heterocycles. The lowest BCUT2D eigenvalue weighted by atomic mass is 10.0. The van der Waals surface area contributed by atoms with E-state index in [-0.39, 0.29) is 33.7 Å². The van der Waals surface area contributed by atoms with Crippen molar-refractivity contribution in [3.8, 4) is 0 Å². The number of benzene rings is 3. The monoisotopic (exact) mass is 514 g/mol. The molecule has 1 N–H and O–H groups in total. The third kappa shape index (κ3) is 6.41. The number of esters is 1. The molecule has 0 unspecified atom stereocenters. The number of rotatable bonds is 9. The van der Waals surface area contributed by atoms with E-state index < -0.39 is 28.4 Å². The fourth-order valence-electron chi connectivity index (χ4n) is 3.36. The predicted octanol–water partition coefficient (Wildman–Crippen LogP) is 5.47. The van der Waals surface area contributed by atoms with Crippen LogP contribution in [0.5, 0.6) is 0 Å². The molecular formula is C26H27ClN2O5S. The van der Waals surface area contributed by atoms with Gasteiger partial charge >= 0.3 is 5.97 Å². The highest BCUT2D eigenvalue weighted by atomic mass is 35.5. The molecule has 1 amide bonds. The number of sulfonamides is 1. The summed E-state index contributed by atoms with van der Waals surface area (Å²) in [4.78, 5) is 25.2. The van der Waals surface area contributed by atoms with Gasteiger partial charge in [-0.1, -0.05) is 55.8 Å². The molecule has 0 heterocycles. The normalized spacial score (nSPS) is 11.2. The standard InChI is InChI=1S/C26H27ClN2O5S/c1-4-34-26(31)23-16-20(12-15-24(23)27)28-25(30)17-29(21-13-10-19(11-14-21)18(2)3)35(32,33)22-8-6-5-7-9-22/h5-16,18H,4,17H2,1-3H3,(H,28,30). The number of nitrogens with zero attached hydrogens (tertiary/aromatic N) is 1. The Kier molecular flexibility index (Phi) is 8.53. The van der Waals surface area contributed by atoms with Gasteiger partial charge in [0.25, 0.3) is 10.0 Å². The Balaban J connectivity index is 1.91. The smallest absolute Gasteiger partial charge is 0.339 e. The molecule has 0 fully saturated rings. The zero-order valence-corrected chi connectivity index (χ0v) is 21.3. The second-order valence-corrected chi connectivity index (χ2v) is 10.3. The van der Waals surface area contributed by atoms with Crippen LogP contribution in [0, 0.1) is 0 Å². The van der Waals surface area contributed by atoms with Crippen molar-refractivity contribution in [3.05, 3.63) is 88.9 Å². The molecule has 0 atom stereocenters. The highest BCUT2D eigenvalue weighted by molar-refractivity contribution is 7.92. The van der Waals surface area contributed by atoms with Crippen LogP contribution in [-0.2, 0) is 19.6 Å². The number of halogens is 1. The highest BCUT2D eigenvalue weighted by Crippen LogP contribution is 2.26. The molecule has 35 heavy (non-hydrogen) atoms. The lowest BCUT2D eigenvalue weighted by molar-refractivity contribution is -0.114. The van der Waals surface area contributed by atoms with E-state index in [0.717, 1.165) is 9.87 Å². The maximum Gasteiger partial charge on any atom is 0.339 e. The first-order valence-electron chi connectivity index (χ1n) is 11.1. The van der Waals surface area contributed by atoms with Gasteiger partial charge in [-0.3, -0.25) is 9.10 Å². The number of nitrogens with one attached hydrogen (secondary N) is 1. The predicted molar refractivity (Wildman–Crippen MR) is 138 cm³/mol. The molecule has 0 radical (unpaired) electrons. The van der Waals surface area contributed by atoms with E-state index in [1.165, 1.54) is 30.3 Å². The van der Waals surface area contributed by atoms with Crippen LogP contribution in [0.2, 0.25) is 5.02 Å². The third-order valence-electron chi connectivity index (χ3n) is 5.21. The van der Waals surface area contributed by atoms with E-state index in [4.69, 9.17) is 16.3 Å². The summed E-state index contributed by atoms with van der Waals surface area (Å²) in [5.74, 6) is -0.938. The largest absolute Gasteiger partial charge is 0.462 e. The van der Waals surface area contributed by atoms with Gasteiger partial charge in [-0.05, 0) is 60.9 Å². The zero-order chi connectivity index (χ0) is 25.6. The van der Waals surface area contributed by atoms with Crippen LogP contribution in [0.25, 0.3) is 0 Å². The number of amides is 1. The average molecular weight is 515 g/mol. The summed E-state index contributed by atoms with van der Waals surface area (Å²) < 4.78 is 33.0. The number of ether oxygens (including phenoxy) is 1. The van der Waals surface area contributed by atoms with Crippen molar-refractivity contribution in [3.63, 3.8) is 0 Å². The molecule has 0 aliphatic heterocycles. The van der Waals surface area contributed by atoms with Crippen molar-refractivity contribution in [1.29, 1.82) is 0 Å². The van der Waals surface area contributed by atoms with Crippen LogP contribution >= 0.6 is 11.6 Å². The average Bonchev–Trinajstić information content (AvgIpc) is 2.84. The van der Waals surface area contributed by atoms with E-state index in [1.807, 2.05) is 26.0 Å². The molecule has 3 aromatic rings. The summed E-state index contributed by atoms with van der Waals surface area (Å²) in [7, 11) is -4.03. The van der Waals surface area contributed by atoms with Crippen molar-refractivity contribution in [1.82, 2.24) is 0 Å². The second kappa shape index (κ2) is 11.4. The summed E-state index contributed by atoms with van der Waals surface area (Å²) in [6.45, 7) is 5.45. The van der Waals surface area contributed by atoms with Crippen molar-refractivity contribution in [2.45, 2.75) is 31.6 Å². The summed E-state index contributed by atoms with van der Waals surface area (Å²) in [6.07, 6.45) is 0. The first-order chi connectivity index (χ1) is 16.6. The minimum Gasteiger partial charge on any atom is -0.462 e. The molecule has 0 bridgehead atoms. The van der Waals surface area contributed by atoms with Crippen molar-refractivity contribution < 1.29 is 22.7 Å². The van der Waals surface area contributed by atoms with Gasteiger partial charge in [0.1, 0.15) is 6.54 Å². The lowest BCUT2D eigenvalue weighted by Gasteiger charge is -2.24. The molecule has 7 nitrogen and oxygen atoms in total. The maximum atomic E-state index is 13.5. The third-order valence-corrected chi connectivity index (χ3v) is 7.33. The molecule has 3 rings (SSSR count). The Bertz CT molecular complexity index is 1290. The Morgan fingerprint density at radius 2 is 1.66 bits per heavy atom. The Morgan fingerprint density at radius 3 is 2.26 bits per heavy atom. The van der Waals surface area contributed by atoms with Crippen LogP contribution in [0.1, 0.15) is 42.6 Å². The van der Waals surface area contributed by atoms with Gasteiger partial charge in [0.2, 0.25) is 5.91 Å². The van der Waals surface area contributed by atoms with Crippen molar-refractivity contribution >= 4 is 44.9 Å². The molecular weight excluding hydrogens is 488 g/mol. The molecule has 3 aromatic carbocycles. The second-order valence-electron chi connectivity index (χ2n) is 8.03. The van der Waals surface area contributed by atoms with Gasteiger partial charge in [0.15, 0.2) is 0 Å². The van der Waals surface area contributed by atoms with E-state index in [0.29, 0.717) is 5.69 Å². The van der Waals surface area contributed by atoms with Crippen LogP contribution in [0.15, 0.2) is 77.7 Å². The SMILES string of the molecule is CCOC(=O)c1cc(NC(=O)CN(c2ccc(C(C)C)cc2)S(=O)(=O)c2ccccc2)ccc1Cl. The Morgan fingerprint density at radius 1 is 1.00 bits per heavy atom. The van der Waals surface area contributed by atoms with E-state index in [1.54, 1.807) is 37.3 Å². The number of carbonyl (C=O) groups excluding carboxylic acids is 2. The van der Waals surface area contributed by atoms with E-state index in [2.05, 4.69) is 5.32 Å². The highest BCUT2D eigenvalue weighted by Gasteiger charge is 2.27. The zero-order valence-electron chi connectivity index (χ0n) is 19.7. The van der Waals surface area contributed by atoms with Gasteiger partial charge in [-0.2, -0.15) is 0 Å². The minimum atomic E-state index is -4.03. The molecule has 9 heteroatoms.